The Labute approximate surface area is 82.0 Å². The fourth-order valence-corrected chi connectivity index (χ4v) is 1.87. The van der Waals surface area contributed by atoms with Crippen LogP contribution >= 0.6 is 11.3 Å². The number of thiazole rings is 1. The number of carbonyl (C=O) groups excluding carboxylic acids is 1. The smallest absolute Gasteiger partial charge is 0.193 e. The summed E-state index contributed by atoms with van der Waals surface area (Å²) in [6.07, 6.45) is 0.752. The van der Waals surface area contributed by atoms with Gasteiger partial charge >= 0.3 is 0 Å². The fourth-order valence-electron chi connectivity index (χ4n) is 0.930. The molecule has 72 valence electrons. The molecule has 0 radical (unpaired) electrons. The molecule has 0 bridgehead atoms. The Balaban J connectivity index is 2.73. The molecule has 13 heavy (non-hydrogen) atoms. The van der Waals surface area contributed by atoms with E-state index in [1.807, 2.05) is 19.2 Å². The van der Waals surface area contributed by atoms with Gasteiger partial charge in [0.1, 0.15) is 0 Å². The molecule has 0 amide bonds. The van der Waals surface area contributed by atoms with Crippen LogP contribution in [0.3, 0.4) is 0 Å². The zero-order valence-corrected chi connectivity index (χ0v) is 8.73. The summed E-state index contributed by atoms with van der Waals surface area (Å²) in [5, 5.41) is 2.51. The van der Waals surface area contributed by atoms with Crippen molar-refractivity contribution in [3.05, 3.63) is 16.1 Å². The van der Waals surface area contributed by atoms with Gasteiger partial charge in [-0.2, -0.15) is 0 Å². The lowest BCUT2D eigenvalue weighted by Gasteiger charge is -1.97. The van der Waals surface area contributed by atoms with Crippen molar-refractivity contribution in [2.24, 2.45) is 11.7 Å². The first-order valence-corrected chi connectivity index (χ1v) is 5.21. The molecule has 1 aromatic rings. The maximum absolute atomic E-state index is 11.5. The van der Waals surface area contributed by atoms with Gasteiger partial charge in [-0.05, 0) is 6.54 Å². The summed E-state index contributed by atoms with van der Waals surface area (Å²) in [6, 6.07) is 0. The topological polar surface area (TPSA) is 56.0 Å². The van der Waals surface area contributed by atoms with Crippen LogP contribution in [0.2, 0.25) is 0 Å². The first-order valence-electron chi connectivity index (χ1n) is 4.34. The molecule has 1 rings (SSSR count). The second kappa shape index (κ2) is 4.48. The largest absolute Gasteiger partial charge is 0.330 e. The molecule has 0 aromatic carbocycles. The van der Waals surface area contributed by atoms with E-state index in [-0.39, 0.29) is 11.7 Å². The van der Waals surface area contributed by atoms with Gasteiger partial charge in [-0.3, -0.25) is 4.79 Å². The van der Waals surface area contributed by atoms with E-state index in [1.54, 1.807) is 0 Å². The number of aromatic nitrogens is 1. The lowest BCUT2D eigenvalue weighted by molar-refractivity contribution is 0.0939. The SMILES string of the molecule is CC(C)C(=O)c1nc(CCN)cs1. The number of nitrogens with zero attached hydrogens (tertiary/aromatic N) is 1. The zero-order valence-electron chi connectivity index (χ0n) is 7.91. The average Bonchev–Trinajstić information content (AvgIpc) is 2.52. The summed E-state index contributed by atoms with van der Waals surface area (Å²) in [4.78, 5) is 15.7. The van der Waals surface area contributed by atoms with Crippen molar-refractivity contribution in [3.8, 4) is 0 Å². The molecule has 0 atom stereocenters. The minimum Gasteiger partial charge on any atom is -0.330 e. The number of carbonyl (C=O) groups is 1. The maximum Gasteiger partial charge on any atom is 0.193 e. The van der Waals surface area contributed by atoms with E-state index in [0.717, 1.165) is 12.1 Å². The van der Waals surface area contributed by atoms with Crippen molar-refractivity contribution in [2.45, 2.75) is 20.3 Å². The Kier molecular flexibility index (Phi) is 3.57. The van der Waals surface area contributed by atoms with Crippen LogP contribution in [0.4, 0.5) is 0 Å². The normalized spacial score (nSPS) is 10.8. The van der Waals surface area contributed by atoms with Crippen LogP contribution in [0.25, 0.3) is 0 Å². The highest BCUT2D eigenvalue weighted by Crippen LogP contribution is 2.14. The molecule has 1 heterocycles. The van der Waals surface area contributed by atoms with Gasteiger partial charge in [0.2, 0.25) is 0 Å². The minimum absolute atomic E-state index is 0.0249. The summed E-state index contributed by atoms with van der Waals surface area (Å²) in [5.74, 6) is 0.144. The van der Waals surface area contributed by atoms with Crippen LogP contribution in [-0.2, 0) is 6.42 Å². The maximum atomic E-state index is 11.5. The highest BCUT2D eigenvalue weighted by molar-refractivity contribution is 7.11. The molecule has 2 N–H and O–H groups in total. The Morgan fingerprint density at radius 2 is 2.38 bits per heavy atom. The van der Waals surface area contributed by atoms with Crippen molar-refractivity contribution < 1.29 is 4.79 Å². The summed E-state index contributed by atoms with van der Waals surface area (Å²) in [6.45, 7) is 4.34. The quantitative estimate of drug-likeness (QED) is 0.746. The monoisotopic (exact) mass is 198 g/mol. The van der Waals surface area contributed by atoms with E-state index in [0.29, 0.717) is 11.6 Å². The van der Waals surface area contributed by atoms with Gasteiger partial charge in [0.05, 0.1) is 5.69 Å². The number of Topliss-reactive ketones (excluding diaryl/α,β-unsaturated/α-hetero) is 1. The lowest BCUT2D eigenvalue weighted by Crippen LogP contribution is -2.08. The van der Waals surface area contributed by atoms with Crippen LogP contribution < -0.4 is 5.73 Å². The summed E-state index contributed by atoms with van der Waals surface area (Å²) in [5.41, 5.74) is 6.31. The van der Waals surface area contributed by atoms with E-state index in [9.17, 15) is 4.79 Å². The molecular weight excluding hydrogens is 184 g/mol. The van der Waals surface area contributed by atoms with Crippen LogP contribution in [0.1, 0.15) is 29.3 Å². The third-order valence-corrected chi connectivity index (χ3v) is 2.59. The third kappa shape index (κ3) is 2.60. The molecule has 3 nitrogen and oxygen atoms in total. The van der Waals surface area contributed by atoms with E-state index < -0.39 is 0 Å². The number of hydrogen-bond donors (Lipinski definition) is 1. The van der Waals surface area contributed by atoms with Gasteiger partial charge in [0.25, 0.3) is 0 Å². The molecule has 0 saturated heterocycles. The Bertz CT molecular complexity index is 294. The van der Waals surface area contributed by atoms with E-state index in [2.05, 4.69) is 4.98 Å². The Morgan fingerprint density at radius 1 is 1.69 bits per heavy atom. The predicted octanol–water partition coefficient (Wildman–Crippen LogP) is 1.48. The van der Waals surface area contributed by atoms with E-state index in [4.69, 9.17) is 5.73 Å². The molecule has 0 fully saturated rings. The summed E-state index contributed by atoms with van der Waals surface area (Å²) >= 11 is 1.41. The molecule has 0 aliphatic rings. The number of ketones is 1. The first-order chi connectivity index (χ1) is 6.15. The third-order valence-electron chi connectivity index (χ3n) is 1.69. The molecule has 0 aliphatic heterocycles. The lowest BCUT2D eigenvalue weighted by atomic mass is 10.1. The van der Waals surface area contributed by atoms with Crippen LogP contribution in [-0.4, -0.2) is 17.3 Å². The second-order valence-electron chi connectivity index (χ2n) is 3.20. The molecule has 0 unspecified atom stereocenters. The Morgan fingerprint density at radius 3 is 2.92 bits per heavy atom. The number of nitrogens with two attached hydrogens (primary N) is 1. The van der Waals surface area contributed by atoms with Crippen molar-refractivity contribution in [1.82, 2.24) is 4.98 Å². The van der Waals surface area contributed by atoms with Gasteiger partial charge in [-0.15, -0.1) is 11.3 Å². The summed E-state index contributed by atoms with van der Waals surface area (Å²) < 4.78 is 0. The van der Waals surface area contributed by atoms with Gasteiger partial charge in [0, 0.05) is 17.7 Å². The molecule has 4 heteroatoms. The second-order valence-corrected chi connectivity index (χ2v) is 4.06. The van der Waals surface area contributed by atoms with Crippen molar-refractivity contribution in [1.29, 1.82) is 0 Å². The van der Waals surface area contributed by atoms with Crippen LogP contribution in [0.15, 0.2) is 5.38 Å². The highest BCUT2D eigenvalue weighted by atomic mass is 32.1. The predicted molar refractivity (Wildman–Crippen MR) is 54.0 cm³/mol. The Hall–Kier alpha value is -0.740. The first kappa shape index (κ1) is 10.3. The van der Waals surface area contributed by atoms with E-state index >= 15 is 0 Å². The molecule has 0 saturated carbocycles. The minimum atomic E-state index is 0.0249. The van der Waals surface area contributed by atoms with Gasteiger partial charge in [-0.1, -0.05) is 13.8 Å². The molecule has 0 spiro atoms. The van der Waals surface area contributed by atoms with Crippen LogP contribution in [0.5, 0.6) is 0 Å². The molecule has 0 aliphatic carbocycles. The standard InChI is InChI=1S/C9H14N2OS/c1-6(2)8(12)9-11-7(3-4-10)5-13-9/h5-6H,3-4,10H2,1-2H3. The molecular formula is C9H14N2OS. The van der Waals surface area contributed by atoms with Crippen molar-refractivity contribution in [3.63, 3.8) is 0 Å². The fraction of sp³-hybridized carbons (Fsp3) is 0.556. The van der Waals surface area contributed by atoms with Crippen LogP contribution in [0, 0.1) is 5.92 Å². The average molecular weight is 198 g/mol. The zero-order chi connectivity index (χ0) is 9.84. The van der Waals surface area contributed by atoms with Gasteiger partial charge in [0.15, 0.2) is 10.8 Å². The van der Waals surface area contributed by atoms with E-state index in [1.165, 1.54) is 11.3 Å². The highest BCUT2D eigenvalue weighted by Gasteiger charge is 2.14. The number of hydrogen-bond acceptors (Lipinski definition) is 4. The summed E-state index contributed by atoms with van der Waals surface area (Å²) in [7, 11) is 0. The van der Waals surface area contributed by atoms with Crippen molar-refractivity contribution in [2.75, 3.05) is 6.54 Å². The van der Waals surface area contributed by atoms with Gasteiger partial charge in [-0.25, -0.2) is 4.98 Å². The van der Waals surface area contributed by atoms with Gasteiger partial charge < -0.3 is 5.73 Å². The number of rotatable bonds is 4. The van der Waals surface area contributed by atoms with Crippen molar-refractivity contribution >= 4 is 17.1 Å². The molecule has 1 aromatic heterocycles.